The number of ether oxygens (including phenoxy) is 2. The average Bonchev–Trinajstić information content (AvgIpc) is 2.88. The number of hydrogen-bond donors (Lipinski definition) is 0. The second-order valence-corrected chi connectivity index (χ2v) is 13.6. The molecule has 1 fully saturated rings. The normalized spacial score (nSPS) is 17.3. The summed E-state index contributed by atoms with van der Waals surface area (Å²) in [5, 5.41) is 0. The summed E-state index contributed by atoms with van der Waals surface area (Å²) in [5.74, 6) is 2.46. The first-order chi connectivity index (χ1) is 18.1. The molecule has 6 heteroatoms. The van der Waals surface area contributed by atoms with Crippen LogP contribution in [0.2, 0.25) is 0 Å². The maximum absolute atomic E-state index is 6.18. The summed E-state index contributed by atoms with van der Waals surface area (Å²) in [6.45, 7) is 22.8. The van der Waals surface area contributed by atoms with E-state index in [1.54, 1.807) is 7.11 Å². The number of piperidine rings is 1. The highest BCUT2D eigenvalue weighted by atomic mass is 31.1. The van der Waals surface area contributed by atoms with Gasteiger partial charge in [-0.3, -0.25) is 0 Å². The summed E-state index contributed by atoms with van der Waals surface area (Å²) in [7, 11) is 1.34. The number of nitrogens with zero attached hydrogens (tertiary/aromatic N) is 2. The van der Waals surface area contributed by atoms with Crippen LogP contribution in [0.25, 0.3) is 0 Å². The molecular weight excluding hydrogens is 491 g/mol. The maximum Gasteiger partial charge on any atom is 0.212 e. The standard InChI is InChI=1S/C32H53N2O3P/c1-10-27(25(3)24-38(9)37-11-2)21-31(33-7)36-23-26-16-19-34(20-17-26)30-22-29(35-8)15-14-28(30)13-12-18-32(4,5)6/h10,14-15,21-22,25-26H,7,11-13,16-20,23-24H2,1-6,8-9H3/b27-10+,31-21+. The Bertz CT molecular complexity index is 914. The van der Waals surface area contributed by atoms with E-state index < -0.39 is 8.15 Å². The molecule has 1 aromatic carbocycles. The maximum atomic E-state index is 6.18. The molecule has 38 heavy (non-hydrogen) atoms. The molecule has 0 aliphatic carbocycles. The topological polar surface area (TPSA) is 43.3 Å². The second-order valence-electron chi connectivity index (χ2n) is 11.7. The Kier molecular flexibility index (Phi) is 13.9. The molecule has 0 radical (unpaired) electrons. The fraction of sp³-hybridized carbons (Fsp3) is 0.656. The lowest BCUT2D eigenvalue weighted by Gasteiger charge is -2.35. The van der Waals surface area contributed by atoms with Gasteiger partial charge in [0.05, 0.1) is 13.7 Å². The number of aliphatic imine (C=N–C) groups is 1. The largest absolute Gasteiger partial charge is 0.497 e. The average molecular weight is 545 g/mol. The Balaban J connectivity index is 1.95. The predicted molar refractivity (Wildman–Crippen MR) is 166 cm³/mol. The van der Waals surface area contributed by atoms with Gasteiger partial charge in [-0.2, -0.15) is 0 Å². The van der Waals surface area contributed by atoms with Crippen molar-refractivity contribution in [3.8, 4) is 5.75 Å². The van der Waals surface area contributed by atoms with Gasteiger partial charge in [-0.15, -0.1) is 0 Å². The molecule has 1 aliphatic heterocycles. The Morgan fingerprint density at radius 3 is 2.55 bits per heavy atom. The van der Waals surface area contributed by atoms with Crippen molar-refractivity contribution in [2.45, 2.75) is 73.6 Å². The van der Waals surface area contributed by atoms with Gasteiger partial charge in [0.15, 0.2) is 0 Å². The summed E-state index contributed by atoms with van der Waals surface area (Å²) in [6, 6.07) is 6.58. The monoisotopic (exact) mass is 544 g/mol. The molecule has 0 amide bonds. The minimum atomic E-state index is -0.414. The van der Waals surface area contributed by atoms with Crippen molar-refractivity contribution in [2.75, 3.05) is 51.1 Å². The molecule has 214 valence electrons. The van der Waals surface area contributed by atoms with Crippen LogP contribution >= 0.6 is 8.15 Å². The minimum Gasteiger partial charge on any atom is -0.497 e. The molecule has 2 unspecified atom stereocenters. The van der Waals surface area contributed by atoms with Crippen molar-refractivity contribution in [1.29, 1.82) is 0 Å². The zero-order chi connectivity index (χ0) is 28.1. The first-order valence-corrected chi connectivity index (χ1v) is 16.2. The number of allylic oxidation sites excluding steroid dienone is 3. The van der Waals surface area contributed by atoms with E-state index in [1.807, 2.05) is 0 Å². The van der Waals surface area contributed by atoms with Crippen LogP contribution in [0.1, 0.15) is 72.8 Å². The van der Waals surface area contributed by atoms with E-state index in [0.717, 1.165) is 50.9 Å². The zero-order valence-electron chi connectivity index (χ0n) is 25.4. The van der Waals surface area contributed by atoms with Crippen LogP contribution in [-0.4, -0.2) is 53.0 Å². The Morgan fingerprint density at radius 1 is 1.26 bits per heavy atom. The summed E-state index contributed by atoms with van der Waals surface area (Å²) in [6.07, 6.45) is 11.0. The third kappa shape index (κ3) is 11.1. The molecule has 2 rings (SSSR count). The van der Waals surface area contributed by atoms with Crippen LogP contribution in [0.4, 0.5) is 5.69 Å². The Labute approximate surface area is 234 Å². The fourth-order valence-corrected chi connectivity index (χ4v) is 6.61. The van der Waals surface area contributed by atoms with Gasteiger partial charge < -0.3 is 18.9 Å². The van der Waals surface area contributed by atoms with Crippen LogP contribution in [-0.2, 0) is 15.7 Å². The van der Waals surface area contributed by atoms with Gasteiger partial charge in [0.2, 0.25) is 5.88 Å². The lowest BCUT2D eigenvalue weighted by molar-refractivity contribution is 0.149. The van der Waals surface area contributed by atoms with Crippen molar-refractivity contribution < 1.29 is 14.0 Å². The first kappa shape index (κ1) is 32.4. The van der Waals surface area contributed by atoms with Gasteiger partial charge >= 0.3 is 0 Å². The smallest absolute Gasteiger partial charge is 0.212 e. The van der Waals surface area contributed by atoms with Crippen LogP contribution < -0.4 is 9.64 Å². The highest BCUT2D eigenvalue weighted by Gasteiger charge is 2.23. The van der Waals surface area contributed by atoms with Gasteiger partial charge in [0.25, 0.3) is 0 Å². The van der Waals surface area contributed by atoms with Gasteiger partial charge in [-0.05, 0) is 99.9 Å². The van der Waals surface area contributed by atoms with Gasteiger partial charge in [-0.1, -0.05) is 39.8 Å². The summed E-state index contributed by atoms with van der Waals surface area (Å²) >= 11 is 0. The van der Waals surface area contributed by atoms with Gasteiger partial charge in [-0.25, -0.2) is 4.99 Å². The molecule has 1 aromatic rings. The molecular formula is C32H53N2O3P. The SMILES string of the molecule is C=N/C(=C\C(=C/C)C(C)CP(C)OCC)OCC1CCN(c2cc(OC)ccc2CCCC(C)(C)C)CC1. The predicted octanol–water partition coefficient (Wildman–Crippen LogP) is 8.48. The van der Waals surface area contributed by atoms with Crippen LogP contribution in [0.3, 0.4) is 0 Å². The molecule has 0 N–H and O–H groups in total. The molecule has 0 aromatic heterocycles. The van der Waals surface area contributed by atoms with E-state index >= 15 is 0 Å². The number of methoxy groups -OCH3 is 1. The van der Waals surface area contributed by atoms with E-state index in [0.29, 0.717) is 29.7 Å². The summed E-state index contributed by atoms with van der Waals surface area (Å²) < 4.78 is 17.5. The molecule has 0 spiro atoms. The lowest BCUT2D eigenvalue weighted by Crippen LogP contribution is -2.35. The van der Waals surface area contributed by atoms with E-state index in [9.17, 15) is 0 Å². The van der Waals surface area contributed by atoms with E-state index in [4.69, 9.17) is 14.0 Å². The molecule has 5 nitrogen and oxygen atoms in total. The van der Waals surface area contributed by atoms with Crippen LogP contribution in [0.15, 0.2) is 46.8 Å². The number of anilines is 1. The van der Waals surface area contributed by atoms with Crippen LogP contribution in [0.5, 0.6) is 5.75 Å². The van der Waals surface area contributed by atoms with Crippen molar-refractivity contribution in [3.05, 3.63) is 47.4 Å². The number of rotatable bonds is 15. The minimum absolute atomic E-state index is 0.368. The van der Waals surface area contributed by atoms with E-state index in [-0.39, 0.29) is 0 Å². The summed E-state index contributed by atoms with van der Waals surface area (Å²) in [5.41, 5.74) is 4.36. The van der Waals surface area contributed by atoms with Crippen molar-refractivity contribution in [3.63, 3.8) is 0 Å². The highest BCUT2D eigenvalue weighted by molar-refractivity contribution is 7.51. The van der Waals surface area contributed by atoms with Crippen molar-refractivity contribution in [1.82, 2.24) is 0 Å². The summed E-state index contributed by atoms with van der Waals surface area (Å²) in [4.78, 5) is 6.73. The molecule has 0 saturated carbocycles. The number of benzene rings is 1. The molecule has 2 atom stereocenters. The highest BCUT2D eigenvalue weighted by Crippen LogP contribution is 2.37. The van der Waals surface area contributed by atoms with Gasteiger partial charge in [0.1, 0.15) is 5.75 Å². The molecule has 1 saturated heterocycles. The Morgan fingerprint density at radius 2 is 1.97 bits per heavy atom. The second kappa shape index (κ2) is 16.3. The molecule has 1 aliphatic rings. The van der Waals surface area contributed by atoms with Gasteiger partial charge in [0, 0.05) is 45.7 Å². The van der Waals surface area contributed by atoms with Crippen LogP contribution in [0, 0.1) is 17.3 Å². The lowest BCUT2D eigenvalue weighted by atomic mass is 9.88. The number of aryl methyl sites for hydroxylation is 1. The van der Waals surface area contributed by atoms with Crippen molar-refractivity contribution >= 4 is 20.6 Å². The van der Waals surface area contributed by atoms with E-state index in [1.165, 1.54) is 29.7 Å². The van der Waals surface area contributed by atoms with Crippen molar-refractivity contribution in [2.24, 2.45) is 22.2 Å². The Hall–Kier alpha value is -1.84. The zero-order valence-corrected chi connectivity index (χ0v) is 26.3. The van der Waals surface area contributed by atoms with E-state index in [2.05, 4.69) is 95.2 Å². The third-order valence-electron chi connectivity index (χ3n) is 7.32. The third-order valence-corrected chi connectivity index (χ3v) is 9.08. The first-order valence-electron chi connectivity index (χ1n) is 14.3. The quantitative estimate of drug-likeness (QED) is 0.0961. The molecule has 0 bridgehead atoms. The number of hydrogen-bond acceptors (Lipinski definition) is 5. The fourth-order valence-electron chi connectivity index (χ4n) is 5.08. The molecule has 1 heterocycles.